The maximum Gasteiger partial charge on any atom is 0.292 e. The molecule has 0 aromatic heterocycles. The van der Waals surface area contributed by atoms with Gasteiger partial charge in [-0.15, -0.1) is 0 Å². The van der Waals surface area contributed by atoms with Crippen LogP contribution in [0.15, 0.2) is 5.88 Å². The first kappa shape index (κ1) is 5.48. The SMILES string of the molecule is O=C=C1OCCN1Cl. The maximum absolute atomic E-state index is 9.80. The second-order valence-corrected chi connectivity index (χ2v) is 1.75. The molecule has 0 aromatic carbocycles. The van der Waals surface area contributed by atoms with Gasteiger partial charge in [0.05, 0.1) is 6.54 Å². The van der Waals surface area contributed by atoms with E-state index < -0.39 is 0 Å². The number of hydrogen-bond donors (Lipinski definition) is 0. The van der Waals surface area contributed by atoms with E-state index in [4.69, 9.17) is 16.5 Å². The summed E-state index contributed by atoms with van der Waals surface area (Å²) in [5, 5.41) is 0. The molecule has 4 heteroatoms. The highest BCUT2D eigenvalue weighted by Crippen LogP contribution is 2.11. The van der Waals surface area contributed by atoms with E-state index in [-0.39, 0.29) is 5.88 Å². The number of halogens is 1. The van der Waals surface area contributed by atoms with Gasteiger partial charge in [0.1, 0.15) is 6.61 Å². The van der Waals surface area contributed by atoms with Crippen molar-refractivity contribution in [1.82, 2.24) is 4.42 Å². The summed E-state index contributed by atoms with van der Waals surface area (Å²) in [6.07, 6.45) is 0. The molecular formula is C4H4ClNO2. The first-order valence-corrected chi connectivity index (χ1v) is 2.49. The Morgan fingerprint density at radius 1 is 1.88 bits per heavy atom. The second-order valence-electron chi connectivity index (χ2n) is 1.34. The molecule has 1 saturated heterocycles. The molecule has 3 nitrogen and oxygen atoms in total. The highest BCUT2D eigenvalue weighted by atomic mass is 35.5. The number of nitrogens with zero attached hydrogens (tertiary/aromatic N) is 1. The molecule has 1 aliphatic heterocycles. The average Bonchev–Trinajstić information content (AvgIpc) is 2.14. The molecule has 44 valence electrons. The lowest BCUT2D eigenvalue weighted by Crippen LogP contribution is -2.03. The minimum absolute atomic E-state index is 0.0895. The minimum atomic E-state index is 0.0895. The largest absolute Gasteiger partial charge is 0.468 e. The molecule has 0 aromatic rings. The van der Waals surface area contributed by atoms with Gasteiger partial charge >= 0.3 is 0 Å². The van der Waals surface area contributed by atoms with E-state index in [9.17, 15) is 4.79 Å². The number of hydrogen-bond acceptors (Lipinski definition) is 3. The fraction of sp³-hybridized carbons (Fsp3) is 0.500. The first-order chi connectivity index (χ1) is 3.84. The van der Waals surface area contributed by atoms with Gasteiger partial charge in [0.2, 0.25) is 0 Å². The molecule has 0 spiro atoms. The standard InChI is InChI=1S/C4H4ClNO2/c5-6-1-2-8-4(6)3-7/h1-2H2. The van der Waals surface area contributed by atoms with Crippen LogP contribution >= 0.6 is 11.8 Å². The quantitative estimate of drug-likeness (QED) is 0.348. The molecule has 0 bridgehead atoms. The Kier molecular flexibility index (Phi) is 1.42. The first-order valence-electron chi connectivity index (χ1n) is 2.16. The fourth-order valence-electron chi connectivity index (χ4n) is 0.473. The summed E-state index contributed by atoms with van der Waals surface area (Å²) in [4.78, 5) is 9.80. The van der Waals surface area contributed by atoms with Crippen LogP contribution in [-0.2, 0) is 9.53 Å². The van der Waals surface area contributed by atoms with Gasteiger partial charge in [0.25, 0.3) is 5.88 Å². The Hall–Kier alpha value is -0.660. The third kappa shape index (κ3) is 0.782. The van der Waals surface area contributed by atoms with Gasteiger partial charge in [-0.25, -0.2) is 9.21 Å². The van der Waals surface area contributed by atoms with Gasteiger partial charge in [-0.3, -0.25) is 0 Å². The lowest BCUT2D eigenvalue weighted by Gasteiger charge is -1.98. The zero-order chi connectivity index (χ0) is 5.98. The van der Waals surface area contributed by atoms with Crippen molar-refractivity contribution in [2.24, 2.45) is 0 Å². The van der Waals surface area contributed by atoms with Crippen LogP contribution in [0.2, 0.25) is 0 Å². The summed E-state index contributed by atoms with van der Waals surface area (Å²) in [7, 11) is 0. The van der Waals surface area contributed by atoms with Gasteiger partial charge in [-0.2, -0.15) is 0 Å². The monoisotopic (exact) mass is 133 g/mol. The minimum Gasteiger partial charge on any atom is -0.468 e. The van der Waals surface area contributed by atoms with Crippen LogP contribution < -0.4 is 0 Å². The normalized spacial score (nSPS) is 18.1. The highest BCUT2D eigenvalue weighted by Gasteiger charge is 2.16. The van der Waals surface area contributed by atoms with Gasteiger partial charge in [-0.1, -0.05) is 0 Å². The summed E-state index contributed by atoms with van der Waals surface area (Å²) in [5.41, 5.74) is 0. The summed E-state index contributed by atoms with van der Waals surface area (Å²) in [6.45, 7) is 1.04. The second kappa shape index (κ2) is 2.07. The summed E-state index contributed by atoms with van der Waals surface area (Å²) in [5.74, 6) is 1.64. The van der Waals surface area contributed by atoms with E-state index in [0.717, 1.165) is 0 Å². The average molecular weight is 134 g/mol. The van der Waals surface area contributed by atoms with E-state index in [0.29, 0.717) is 13.2 Å². The zero-order valence-electron chi connectivity index (χ0n) is 4.06. The van der Waals surface area contributed by atoms with Crippen molar-refractivity contribution in [1.29, 1.82) is 0 Å². The molecule has 1 fully saturated rings. The predicted molar refractivity (Wildman–Crippen MR) is 27.7 cm³/mol. The number of rotatable bonds is 0. The van der Waals surface area contributed by atoms with E-state index in [1.165, 1.54) is 4.42 Å². The third-order valence-electron chi connectivity index (χ3n) is 0.834. The van der Waals surface area contributed by atoms with Crippen molar-refractivity contribution in [3.05, 3.63) is 5.88 Å². The van der Waals surface area contributed by atoms with Crippen molar-refractivity contribution in [2.75, 3.05) is 13.2 Å². The molecule has 8 heavy (non-hydrogen) atoms. The predicted octanol–water partition coefficient (Wildman–Crippen LogP) is 0.145. The van der Waals surface area contributed by atoms with Crippen LogP contribution in [0.3, 0.4) is 0 Å². The van der Waals surface area contributed by atoms with Crippen LogP contribution in [0.4, 0.5) is 0 Å². The van der Waals surface area contributed by atoms with Crippen LogP contribution in [0.25, 0.3) is 0 Å². The van der Waals surface area contributed by atoms with Crippen LogP contribution in [0, 0.1) is 0 Å². The van der Waals surface area contributed by atoms with E-state index in [1.807, 2.05) is 0 Å². The van der Waals surface area contributed by atoms with Crippen molar-refractivity contribution in [3.63, 3.8) is 0 Å². The molecule has 0 N–H and O–H groups in total. The molecule has 1 heterocycles. The lowest BCUT2D eigenvalue weighted by molar-refractivity contribution is 0.259. The van der Waals surface area contributed by atoms with Crippen LogP contribution in [0.1, 0.15) is 0 Å². The van der Waals surface area contributed by atoms with E-state index in [2.05, 4.69) is 0 Å². The van der Waals surface area contributed by atoms with Gasteiger partial charge in [-0.05, 0) is 0 Å². The van der Waals surface area contributed by atoms with Gasteiger partial charge < -0.3 is 4.74 Å². The third-order valence-corrected chi connectivity index (χ3v) is 1.16. The van der Waals surface area contributed by atoms with Crippen molar-refractivity contribution >= 4 is 17.7 Å². The molecule has 0 unspecified atom stereocenters. The van der Waals surface area contributed by atoms with Crippen molar-refractivity contribution < 1.29 is 9.53 Å². The Labute approximate surface area is 51.6 Å². The molecule has 0 amide bonds. The van der Waals surface area contributed by atoms with Crippen molar-refractivity contribution in [3.8, 4) is 0 Å². The summed E-state index contributed by atoms with van der Waals surface area (Å²) in [6, 6.07) is 0. The lowest BCUT2D eigenvalue weighted by atomic mass is 10.7. The highest BCUT2D eigenvalue weighted by molar-refractivity contribution is 6.14. The molecule has 0 atom stereocenters. The molecule has 1 aliphatic rings. The Morgan fingerprint density at radius 3 is 2.88 bits per heavy atom. The summed E-state index contributed by atoms with van der Waals surface area (Å²) >= 11 is 5.39. The van der Waals surface area contributed by atoms with Gasteiger partial charge in [0.15, 0.2) is 5.94 Å². The van der Waals surface area contributed by atoms with E-state index >= 15 is 0 Å². The number of carbonyl (C=O) groups excluding carboxylic acids is 1. The molecule has 1 rings (SSSR count). The Bertz CT molecular complexity index is 141. The molecule has 0 aliphatic carbocycles. The smallest absolute Gasteiger partial charge is 0.292 e. The van der Waals surface area contributed by atoms with E-state index in [1.54, 1.807) is 5.94 Å². The number of ether oxygens (including phenoxy) is 1. The zero-order valence-corrected chi connectivity index (χ0v) is 4.81. The summed E-state index contributed by atoms with van der Waals surface area (Å²) < 4.78 is 5.90. The van der Waals surface area contributed by atoms with Crippen molar-refractivity contribution in [2.45, 2.75) is 0 Å². The molecule has 0 radical (unpaired) electrons. The maximum atomic E-state index is 9.80. The Balaban J connectivity index is 2.68. The Morgan fingerprint density at radius 2 is 2.62 bits per heavy atom. The van der Waals surface area contributed by atoms with Crippen LogP contribution in [0.5, 0.6) is 0 Å². The van der Waals surface area contributed by atoms with Gasteiger partial charge in [0, 0.05) is 11.8 Å². The molecular weight excluding hydrogens is 130 g/mol. The molecule has 0 saturated carbocycles. The van der Waals surface area contributed by atoms with Crippen LogP contribution in [-0.4, -0.2) is 23.5 Å². The fourth-order valence-corrected chi connectivity index (χ4v) is 0.625. The topological polar surface area (TPSA) is 29.5 Å².